The zero-order valence-corrected chi connectivity index (χ0v) is 12.0. The third kappa shape index (κ3) is 2.99. The molecular formula is C16H20FN3O. The predicted octanol–water partition coefficient (Wildman–Crippen LogP) is 1.42. The maximum absolute atomic E-state index is 13.4. The second-order valence-electron chi connectivity index (χ2n) is 5.72. The summed E-state index contributed by atoms with van der Waals surface area (Å²) in [5.41, 5.74) is 6.28. The Bertz CT molecular complexity index is 697. The lowest BCUT2D eigenvalue weighted by Crippen LogP contribution is -2.30. The number of rotatable bonds is 4. The molecule has 112 valence electrons. The van der Waals surface area contributed by atoms with Crippen molar-refractivity contribution in [3.8, 4) is 0 Å². The van der Waals surface area contributed by atoms with Gasteiger partial charge in [-0.1, -0.05) is 0 Å². The molecule has 1 atom stereocenters. The first-order valence-electron chi connectivity index (χ1n) is 7.39. The highest BCUT2D eigenvalue weighted by molar-refractivity contribution is 5.78. The van der Waals surface area contributed by atoms with Crippen LogP contribution in [0.2, 0.25) is 0 Å². The fraction of sp³-hybridized carbons (Fsp3) is 0.438. The molecule has 0 radical (unpaired) electrons. The van der Waals surface area contributed by atoms with Crippen molar-refractivity contribution in [2.24, 2.45) is 11.7 Å². The molecule has 0 spiro atoms. The topological polar surface area (TPSA) is 51.3 Å². The molecule has 0 aliphatic carbocycles. The Kier molecular flexibility index (Phi) is 4.03. The molecule has 21 heavy (non-hydrogen) atoms. The number of benzene rings is 1. The average molecular weight is 289 g/mol. The van der Waals surface area contributed by atoms with Crippen molar-refractivity contribution in [2.45, 2.75) is 13.0 Å². The number of fused-ring (bicyclic) bond motifs is 1. The largest absolute Gasteiger partial charge is 0.330 e. The fourth-order valence-corrected chi connectivity index (χ4v) is 3.04. The van der Waals surface area contributed by atoms with Gasteiger partial charge in [0.1, 0.15) is 5.82 Å². The van der Waals surface area contributed by atoms with Crippen LogP contribution in [-0.4, -0.2) is 35.6 Å². The van der Waals surface area contributed by atoms with Gasteiger partial charge in [0.25, 0.3) is 5.56 Å². The number of hydrogen-bond donors (Lipinski definition) is 1. The third-order valence-electron chi connectivity index (χ3n) is 4.30. The lowest BCUT2D eigenvalue weighted by Gasteiger charge is -2.17. The smallest absolute Gasteiger partial charge is 0.251 e. The Morgan fingerprint density at radius 2 is 2.05 bits per heavy atom. The van der Waals surface area contributed by atoms with Gasteiger partial charge in [-0.2, -0.15) is 0 Å². The molecule has 4 nitrogen and oxygen atoms in total. The Hall–Kier alpha value is -1.72. The van der Waals surface area contributed by atoms with Gasteiger partial charge in [0.2, 0.25) is 0 Å². The summed E-state index contributed by atoms with van der Waals surface area (Å²) >= 11 is 0. The summed E-state index contributed by atoms with van der Waals surface area (Å²) in [5, 5.41) is 0.886. The summed E-state index contributed by atoms with van der Waals surface area (Å²) < 4.78 is 15.1. The molecule has 2 heterocycles. The van der Waals surface area contributed by atoms with Crippen molar-refractivity contribution in [3.05, 3.63) is 46.5 Å². The molecule has 2 N–H and O–H groups in total. The van der Waals surface area contributed by atoms with Crippen LogP contribution in [0.3, 0.4) is 0 Å². The molecule has 3 rings (SSSR count). The molecule has 1 aromatic carbocycles. The van der Waals surface area contributed by atoms with E-state index in [0.717, 1.165) is 38.0 Å². The van der Waals surface area contributed by atoms with E-state index in [0.29, 0.717) is 18.0 Å². The average Bonchev–Trinajstić information content (AvgIpc) is 2.94. The van der Waals surface area contributed by atoms with E-state index in [4.69, 9.17) is 5.73 Å². The van der Waals surface area contributed by atoms with E-state index in [1.165, 1.54) is 12.1 Å². The Morgan fingerprint density at radius 3 is 2.81 bits per heavy atom. The fourth-order valence-electron chi connectivity index (χ4n) is 3.04. The number of likely N-dealkylation sites (tertiary alicyclic amines) is 1. The minimum Gasteiger partial charge on any atom is -0.330 e. The zero-order valence-electron chi connectivity index (χ0n) is 12.0. The van der Waals surface area contributed by atoms with Gasteiger partial charge in [0.05, 0.1) is 5.52 Å². The first-order valence-corrected chi connectivity index (χ1v) is 7.39. The molecule has 5 heteroatoms. The van der Waals surface area contributed by atoms with Crippen LogP contribution in [0.5, 0.6) is 0 Å². The van der Waals surface area contributed by atoms with Crippen molar-refractivity contribution < 1.29 is 4.39 Å². The first-order chi connectivity index (χ1) is 10.2. The minimum atomic E-state index is -0.314. The Labute approximate surface area is 123 Å². The summed E-state index contributed by atoms with van der Waals surface area (Å²) in [6, 6.07) is 7.86. The standard InChI is InChI=1S/C16H20FN3O/c17-14-3-1-13-2-4-16(21)20(15(13)9-14)8-7-19-6-5-12(10-18)11-19/h1-4,9,12H,5-8,10-11,18H2/t12-/m0/s1. The SMILES string of the molecule is NC[C@@H]1CCN(CCn2c(=O)ccc3ccc(F)cc32)C1. The van der Waals surface area contributed by atoms with Gasteiger partial charge >= 0.3 is 0 Å². The summed E-state index contributed by atoms with van der Waals surface area (Å²) in [4.78, 5) is 14.4. The van der Waals surface area contributed by atoms with Crippen LogP contribution in [-0.2, 0) is 6.54 Å². The Balaban J connectivity index is 1.82. The lowest BCUT2D eigenvalue weighted by atomic mass is 10.1. The van der Waals surface area contributed by atoms with E-state index in [9.17, 15) is 9.18 Å². The van der Waals surface area contributed by atoms with Crippen LogP contribution in [0.1, 0.15) is 6.42 Å². The van der Waals surface area contributed by atoms with Crippen LogP contribution >= 0.6 is 0 Å². The van der Waals surface area contributed by atoms with Crippen LogP contribution < -0.4 is 11.3 Å². The minimum absolute atomic E-state index is 0.0809. The maximum atomic E-state index is 13.4. The second-order valence-corrected chi connectivity index (χ2v) is 5.72. The van der Waals surface area contributed by atoms with Crippen molar-refractivity contribution >= 4 is 10.9 Å². The number of pyridine rings is 1. The van der Waals surface area contributed by atoms with Crippen molar-refractivity contribution in [3.63, 3.8) is 0 Å². The highest BCUT2D eigenvalue weighted by Crippen LogP contribution is 2.16. The molecule has 1 fully saturated rings. The van der Waals surface area contributed by atoms with Gasteiger partial charge in [-0.05, 0) is 55.1 Å². The van der Waals surface area contributed by atoms with Gasteiger partial charge in [-0.15, -0.1) is 0 Å². The third-order valence-corrected chi connectivity index (χ3v) is 4.30. The second kappa shape index (κ2) is 5.95. The lowest BCUT2D eigenvalue weighted by molar-refractivity contribution is 0.311. The molecular weight excluding hydrogens is 269 g/mol. The number of aromatic nitrogens is 1. The summed E-state index contributed by atoms with van der Waals surface area (Å²) in [6.45, 7) is 4.11. The Morgan fingerprint density at radius 1 is 1.24 bits per heavy atom. The molecule has 2 aromatic rings. The molecule has 1 aliphatic heterocycles. The highest BCUT2D eigenvalue weighted by atomic mass is 19.1. The van der Waals surface area contributed by atoms with E-state index >= 15 is 0 Å². The van der Waals surface area contributed by atoms with E-state index in [1.807, 2.05) is 0 Å². The summed E-state index contributed by atoms with van der Waals surface area (Å²) in [5.74, 6) is 0.248. The van der Waals surface area contributed by atoms with Crippen molar-refractivity contribution in [1.29, 1.82) is 0 Å². The van der Waals surface area contributed by atoms with Crippen LogP contribution in [0.4, 0.5) is 4.39 Å². The van der Waals surface area contributed by atoms with Gasteiger partial charge in [-0.25, -0.2) is 4.39 Å². The van der Waals surface area contributed by atoms with E-state index in [1.54, 1.807) is 22.8 Å². The monoisotopic (exact) mass is 289 g/mol. The van der Waals surface area contributed by atoms with Crippen molar-refractivity contribution in [2.75, 3.05) is 26.2 Å². The molecule has 0 unspecified atom stereocenters. The molecule has 1 aromatic heterocycles. The summed E-state index contributed by atoms with van der Waals surface area (Å²) in [7, 11) is 0. The first kappa shape index (κ1) is 14.2. The van der Waals surface area contributed by atoms with E-state index in [-0.39, 0.29) is 11.4 Å². The maximum Gasteiger partial charge on any atom is 0.251 e. The van der Waals surface area contributed by atoms with Crippen LogP contribution in [0.15, 0.2) is 35.1 Å². The van der Waals surface area contributed by atoms with Gasteiger partial charge in [0.15, 0.2) is 0 Å². The molecule has 0 saturated carbocycles. The predicted molar refractivity (Wildman–Crippen MR) is 81.8 cm³/mol. The molecule has 0 amide bonds. The molecule has 1 aliphatic rings. The molecule has 0 bridgehead atoms. The van der Waals surface area contributed by atoms with Crippen LogP contribution in [0, 0.1) is 11.7 Å². The number of nitrogens with two attached hydrogens (primary N) is 1. The van der Waals surface area contributed by atoms with E-state index < -0.39 is 0 Å². The molecule has 1 saturated heterocycles. The van der Waals surface area contributed by atoms with Gasteiger partial charge < -0.3 is 15.2 Å². The number of halogens is 1. The van der Waals surface area contributed by atoms with Crippen LogP contribution in [0.25, 0.3) is 10.9 Å². The summed E-state index contributed by atoms with van der Waals surface area (Å²) in [6.07, 6.45) is 1.12. The van der Waals surface area contributed by atoms with Gasteiger partial charge in [0, 0.05) is 25.7 Å². The number of nitrogens with zero attached hydrogens (tertiary/aromatic N) is 2. The normalized spacial score (nSPS) is 19.4. The van der Waals surface area contributed by atoms with Crippen molar-refractivity contribution in [1.82, 2.24) is 9.47 Å². The quantitative estimate of drug-likeness (QED) is 0.926. The van der Waals surface area contributed by atoms with Gasteiger partial charge in [-0.3, -0.25) is 4.79 Å². The highest BCUT2D eigenvalue weighted by Gasteiger charge is 2.20. The zero-order chi connectivity index (χ0) is 14.8. The van der Waals surface area contributed by atoms with E-state index in [2.05, 4.69) is 4.90 Å². The number of hydrogen-bond acceptors (Lipinski definition) is 3.